The van der Waals surface area contributed by atoms with E-state index in [-0.39, 0.29) is 5.92 Å². The zero-order valence-electron chi connectivity index (χ0n) is 9.67. The zero-order valence-corrected chi connectivity index (χ0v) is 9.67. The van der Waals surface area contributed by atoms with Crippen LogP contribution in [0.25, 0.3) is 11.6 Å². The van der Waals surface area contributed by atoms with Gasteiger partial charge in [0.15, 0.2) is 11.6 Å². The van der Waals surface area contributed by atoms with Crippen molar-refractivity contribution >= 4 is 5.97 Å². The highest BCUT2D eigenvalue weighted by Gasteiger charge is 2.25. The second kappa shape index (κ2) is 4.25. The second-order valence-corrected chi connectivity index (χ2v) is 4.42. The number of hydrogen-bond donors (Lipinski definition) is 1. The summed E-state index contributed by atoms with van der Waals surface area (Å²) in [6.45, 7) is 0. The predicted molar refractivity (Wildman–Crippen MR) is 62.9 cm³/mol. The van der Waals surface area contributed by atoms with Crippen LogP contribution in [0.2, 0.25) is 0 Å². The van der Waals surface area contributed by atoms with Gasteiger partial charge in [0.1, 0.15) is 0 Å². The van der Waals surface area contributed by atoms with Crippen molar-refractivity contribution in [1.82, 2.24) is 9.97 Å². The second-order valence-electron chi connectivity index (χ2n) is 4.42. The minimum absolute atomic E-state index is 0.310. The molecular formula is C13H12N2O3. The molecule has 1 atom stereocenters. The number of hydrogen-bond acceptors (Lipinski definition) is 4. The number of rotatable bonds is 2. The molecule has 0 radical (unpaired) electrons. The van der Waals surface area contributed by atoms with Crippen LogP contribution < -0.4 is 0 Å². The molecule has 0 amide bonds. The molecule has 1 aliphatic carbocycles. The molecule has 5 heteroatoms. The molecule has 1 N–H and O–H groups in total. The molecule has 0 bridgehead atoms. The molecule has 0 fully saturated rings. The van der Waals surface area contributed by atoms with Crippen LogP contribution in [0, 0.1) is 5.92 Å². The Hall–Kier alpha value is -2.17. The SMILES string of the molecule is O=C(O)C1CCc2nc(-c3ccco3)ncc2C1. The van der Waals surface area contributed by atoms with Gasteiger partial charge in [-0.15, -0.1) is 0 Å². The Morgan fingerprint density at radius 1 is 1.50 bits per heavy atom. The van der Waals surface area contributed by atoms with E-state index in [0.29, 0.717) is 30.8 Å². The standard InChI is InChI=1S/C13H12N2O3/c16-13(17)8-3-4-10-9(6-8)7-14-12(15-10)11-2-1-5-18-11/h1-2,5,7-8H,3-4,6H2,(H,16,17). The summed E-state index contributed by atoms with van der Waals surface area (Å²) in [6, 6.07) is 3.60. The molecule has 0 saturated heterocycles. The fourth-order valence-electron chi connectivity index (χ4n) is 2.24. The van der Waals surface area contributed by atoms with E-state index in [9.17, 15) is 4.79 Å². The van der Waals surface area contributed by atoms with Crippen molar-refractivity contribution in [2.45, 2.75) is 19.3 Å². The van der Waals surface area contributed by atoms with E-state index >= 15 is 0 Å². The molecule has 0 saturated carbocycles. The van der Waals surface area contributed by atoms with Gasteiger partial charge in [0.25, 0.3) is 0 Å². The summed E-state index contributed by atoms with van der Waals surface area (Å²) in [5.41, 5.74) is 1.87. The first kappa shape index (κ1) is 11.0. The van der Waals surface area contributed by atoms with Crippen molar-refractivity contribution in [3.63, 3.8) is 0 Å². The average Bonchev–Trinajstić information content (AvgIpc) is 2.91. The number of carboxylic acid groups (broad SMARTS) is 1. The summed E-state index contributed by atoms with van der Waals surface area (Å²) >= 11 is 0. The third kappa shape index (κ3) is 1.88. The fourth-order valence-corrected chi connectivity index (χ4v) is 2.24. The minimum Gasteiger partial charge on any atom is -0.481 e. The lowest BCUT2D eigenvalue weighted by Crippen LogP contribution is -2.23. The smallest absolute Gasteiger partial charge is 0.306 e. The minimum atomic E-state index is -0.740. The lowest BCUT2D eigenvalue weighted by atomic mass is 9.87. The number of fused-ring (bicyclic) bond motifs is 1. The summed E-state index contributed by atoms with van der Waals surface area (Å²) in [4.78, 5) is 19.6. The van der Waals surface area contributed by atoms with Crippen LogP contribution in [0.15, 0.2) is 29.0 Å². The maximum absolute atomic E-state index is 11.0. The van der Waals surface area contributed by atoms with E-state index < -0.39 is 5.97 Å². The summed E-state index contributed by atoms with van der Waals surface area (Å²) in [5.74, 6) is 0.150. The van der Waals surface area contributed by atoms with Gasteiger partial charge in [0.05, 0.1) is 12.2 Å². The Labute approximate surface area is 103 Å². The number of aliphatic carboxylic acids is 1. The van der Waals surface area contributed by atoms with E-state index in [1.54, 1.807) is 18.5 Å². The van der Waals surface area contributed by atoms with E-state index in [4.69, 9.17) is 9.52 Å². The zero-order chi connectivity index (χ0) is 12.5. The molecule has 2 heterocycles. The Kier molecular flexibility index (Phi) is 2.59. The normalized spacial score (nSPS) is 18.3. The van der Waals surface area contributed by atoms with Gasteiger partial charge in [-0.25, -0.2) is 9.97 Å². The maximum Gasteiger partial charge on any atom is 0.306 e. The molecule has 2 aromatic rings. The van der Waals surface area contributed by atoms with E-state index in [2.05, 4.69) is 9.97 Å². The van der Waals surface area contributed by atoms with Gasteiger partial charge in [-0.2, -0.15) is 0 Å². The lowest BCUT2D eigenvalue weighted by molar-refractivity contribution is -0.142. The molecule has 18 heavy (non-hydrogen) atoms. The van der Waals surface area contributed by atoms with Crippen molar-refractivity contribution in [2.24, 2.45) is 5.92 Å². The summed E-state index contributed by atoms with van der Waals surface area (Å²) in [7, 11) is 0. The van der Waals surface area contributed by atoms with Gasteiger partial charge >= 0.3 is 5.97 Å². The Balaban J connectivity index is 1.92. The molecule has 5 nitrogen and oxygen atoms in total. The molecular weight excluding hydrogens is 232 g/mol. The highest BCUT2D eigenvalue weighted by molar-refractivity contribution is 5.70. The van der Waals surface area contributed by atoms with E-state index in [1.807, 2.05) is 6.07 Å². The van der Waals surface area contributed by atoms with Gasteiger partial charge in [0.2, 0.25) is 0 Å². The number of aryl methyl sites for hydroxylation is 1. The Morgan fingerprint density at radius 2 is 2.39 bits per heavy atom. The third-order valence-corrected chi connectivity index (χ3v) is 3.24. The summed E-state index contributed by atoms with van der Waals surface area (Å²) in [5, 5.41) is 9.01. The van der Waals surface area contributed by atoms with Crippen molar-refractivity contribution < 1.29 is 14.3 Å². The van der Waals surface area contributed by atoms with Crippen LogP contribution in [0.5, 0.6) is 0 Å². The number of carboxylic acids is 1. The quantitative estimate of drug-likeness (QED) is 0.873. The van der Waals surface area contributed by atoms with Gasteiger partial charge in [-0.05, 0) is 37.0 Å². The fraction of sp³-hybridized carbons (Fsp3) is 0.308. The van der Waals surface area contributed by atoms with Crippen LogP contribution in [0.3, 0.4) is 0 Å². The van der Waals surface area contributed by atoms with Crippen LogP contribution in [-0.2, 0) is 17.6 Å². The Bertz CT molecular complexity index is 578. The molecule has 3 rings (SSSR count). The third-order valence-electron chi connectivity index (χ3n) is 3.24. The Morgan fingerprint density at radius 3 is 3.11 bits per heavy atom. The van der Waals surface area contributed by atoms with Gasteiger partial charge in [0, 0.05) is 11.9 Å². The van der Waals surface area contributed by atoms with Gasteiger partial charge < -0.3 is 9.52 Å². The molecule has 0 aromatic carbocycles. The predicted octanol–water partition coefficient (Wildman–Crippen LogP) is 1.93. The monoisotopic (exact) mass is 244 g/mol. The lowest BCUT2D eigenvalue weighted by Gasteiger charge is -2.20. The molecule has 0 spiro atoms. The van der Waals surface area contributed by atoms with Crippen molar-refractivity contribution in [3.8, 4) is 11.6 Å². The van der Waals surface area contributed by atoms with Crippen molar-refractivity contribution in [2.75, 3.05) is 0 Å². The summed E-state index contributed by atoms with van der Waals surface area (Å²) < 4.78 is 5.25. The topological polar surface area (TPSA) is 76.2 Å². The van der Waals surface area contributed by atoms with Gasteiger partial charge in [-0.3, -0.25) is 4.79 Å². The van der Waals surface area contributed by atoms with Crippen LogP contribution in [0.4, 0.5) is 0 Å². The summed E-state index contributed by atoms with van der Waals surface area (Å²) in [6.07, 6.45) is 5.14. The molecule has 0 aliphatic heterocycles. The first-order valence-corrected chi connectivity index (χ1v) is 5.85. The van der Waals surface area contributed by atoms with Crippen LogP contribution in [0.1, 0.15) is 17.7 Å². The van der Waals surface area contributed by atoms with Crippen molar-refractivity contribution in [3.05, 3.63) is 35.9 Å². The number of nitrogens with zero attached hydrogens (tertiary/aromatic N) is 2. The molecule has 1 unspecified atom stereocenters. The highest BCUT2D eigenvalue weighted by atomic mass is 16.4. The largest absolute Gasteiger partial charge is 0.481 e. The number of aromatic nitrogens is 2. The highest BCUT2D eigenvalue weighted by Crippen LogP contribution is 2.26. The molecule has 1 aliphatic rings. The number of furan rings is 1. The molecule has 2 aromatic heterocycles. The first-order chi connectivity index (χ1) is 8.74. The van der Waals surface area contributed by atoms with Gasteiger partial charge in [-0.1, -0.05) is 0 Å². The van der Waals surface area contributed by atoms with Crippen LogP contribution in [-0.4, -0.2) is 21.0 Å². The van der Waals surface area contributed by atoms with E-state index in [0.717, 1.165) is 11.3 Å². The molecule has 92 valence electrons. The van der Waals surface area contributed by atoms with Crippen molar-refractivity contribution in [1.29, 1.82) is 0 Å². The number of carbonyl (C=O) groups is 1. The van der Waals surface area contributed by atoms with Crippen LogP contribution >= 0.6 is 0 Å². The first-order valence-electron chi connectivity index (χ1n) is 5.85. The maximum atomic E-state index is 11.0. The average molecular weight is 244 g/mol. The van der Waals surface area contributed by atoms with E-state index in [1.165, 1.54) is 0 Å².